The van der Waals surface area contributed by atoms with Crippen LogP contribution in [0.1, 0.15) is 79.1 Å². The molecule has 0 heterocycles. The summed E-state index contributed by atoms with van der Waals surface area (Å²) in [5, 5.41) is 0. The van der Waals surface area contributed by atoms with E-state index in [4.69, 9.17) is 5.73 Å². The molecular formula is C19H40N2. The Bertz CT molecular complexity index is 242. The van der Waals surface area contributed by atoms with Gasteiger partial charge < -0.3 is 10.6 Å². The molecule has 1 saturated carbocycles. The standard InChI is InChI=1S/C19H40N2/c1-17(2)8-13-21(14-9-18(3)4)15-12-19(16-20)10-6-5-7-11-19/h17-18H,5-16,20H2,1-4H3. The first-order valence-electron chi connectivity index (χ1n) is 9.40. The van der Waals surface area contributed by atoms with Gasteiger partial charge in [-0.15, -0.1) is 0 Å². The fraction of sp³-hybridized carbons (Fsp3) is 1.00. The lowest BCUT2D eigenvalue weighted by Crippen LogP contribution is -2.38. The van der Waals surface area contributed by atoms with Crippen LogP contribution in [0, 0.1) is 17.3 Å². The molecule has 126 valence electrons. The van der Waals surface area contributed by atoms with E-state index in [9.17, 15) is 0 Å². The van der Waals surface area contributed by atoms with Crippen LogP contribution in [0.25, 0.3) is 0 Å². The van der Waals surface area contributed by atoms with Crippen molar-refractivity contribution in [3.8, 4) is 0 Å². The molecule has 1 rings (SSSR count). The van der Waals surface area contributed by atoms with Crippen molar-refractivity contribution in [2.24, 2.45) is 23.0 Å². The van der Waals surface area contributed by atoms with Crippen molar-refractivity contribution in [1.29, 1.82) is 0 Å². The molecule has 0 radical (unpaired) electrons. The van der Waals surface area contributed by atoms with Crippen LogP contribution < -0.4 is 5.73 Å². The largest absolute Gasteiger partial charge is 0.330 e. The molecule has 21 heavy (non-hydrogen) atoms. The summed E-state index contributed by atoms with van der Waals surface area (Å²) < 4.78 is 0. The maximum absolute atomic E-state index is 6.15. The van der Waals surface area contributed by atoms with Crippen molar-refractivity contribution >= 4 is 0 Å². The molecule has 0 atom stereocenters. The van der Waals surface area contributed by atoms with Gasteiger partial charge in [0.05, 0.1) is 0 Å². The average Bonchev–Trinajstić information content (AvgIpc) is 2.47. The SMILES string of the molecule is CC(C)CCN(CCC(C)C)CCC1(CN)CCCCC1. The van der Waals surface area contributed by atoms with E-state index in [2.05, 4.69) is 32.6 Å². The third kappa shape index (κ3) is 7.65. The molecule has 1 fully saturated rings. The van der Waals surface area contributed by atoms with E-state index < -0.39 is 0 Å². The molecule has 0 aromatic rings. The first-order valence-corrected chi connectivity index (χ1v) is 9.40. The maximum atomic E-state index is 6.15. The summed E-state index contributed by atoms with van der Waals surface area (Å²) in [6.07, 6.45) is 10.9. The number of hydrogen-bond donors (Lipinski definition) is 1. The molecule has 0 amide bonds. The van der Waals surface area contributed by atoms with Crippen molar-refractivity contribution in [3.05, 3.63) is 0 Å². The Morgan fingerprint density at radius 3 is 1.81 bits per heavy atom. The van der Waals surface area contributed by atoms with Gasteiger partial charge in [0.1, 0.15) is 0 Å². The minimum atomic E-state index is 0.464. The molecule has 2 N–H and O–H groups in total. The summed E-state index contributed by atoms with van der Waals surface area (Å²) >= 11 is 0. The summed E-state index contributed by atoms with van der Waals surface area (Å²) in [7, 11) is 0. The molecule has 1 aliphatic rings. The van der Waals surface area contributed by atoms with E-state index in [1.165, 1.54) is 71.0 Å². The Morgan fingerprint density at radius 2 is 1.38 bits per heavy atom. The van der Waals surface area contributed by atoms with Crippen LogP contribution in [0.15, 0.2) is 0 Å². The lowest BCUT2D eigenvalue weighted by atomic mass is 9.72. The molecule has 0 saturated heterocycles. The predicted molar refractivity (Wildman–Crippen MR) is 94.5 cm³/mol. The average molecular weight is 297 g/mol. The molecule has 0 aromatic heterocycles. The van der Waals surface area contributed by atoms with E-state index in [1.807, 2.05) is 0 Å². The Labute approximate surface area is 133 Å². The van der Waals surface area contributed by atoms with Crippen molar-refractivity contribution in [2.45, 2.75) is 79.1 Å². The van der Waals surface area contributed by atoms with Crippen LogP contribution in [-0.2, 0) is 0 Å². The molecule has 0 aliphatic heterocycles. The second-order valence-corrected chi connectivity index (χ2v) is 8.22. The molecule has 0 bridgehead atoms. The Balaban J connectivity index is 2.45. The van der Waals surface area contributed by atoms with Crippen LogP contribution in [0.3, 0.4) is 0 Å². The van der Waals surface area contributed by atoms with Gasteiger partial charge in [-0.05, 0) is 75.5 Å². The van der Waals surface area contributed by atoms with Gasteiger partial charge in [-0.3, -0.25) is 0 Å². The summed E-state index contributed by atoms with van der Waals surface area (Å²) in [5.41, 5.74) is 6.61. The number of hydrogen-bond acceptors (Lipinski definition) is 2. The highest BCUT2D eigenvalue weighted by molar-refractivity contribution is 4.84. The predicted octanol–water partition coefficient (Wildman–Crippen LogP) is 4.68. The van der Waals surface area contributed by atoms with Gasteiger partial charge >= 0.3 is 0 Å². The van der Waals surface area contributed by atoms with Crippen LogP contribution in [0.2, 0.25) is 0 Å². The van der Waals surface area contributed by atoms with Crippen molar-refractivity contribution < 1.29 is 0 Å². The van der Waals surface area contributed by atoms with Crippen LogP contribution in [0.5, 0.6) is 0 Å². The number of nitrogens with two attached hydrogens (primary N) is 1. The zero-order chi connectivity index (χ0) is 15.7. The van der Waals surface area contributed by atoms with E-state index in [-0.39, 0.29) is 0 Å². The molecule has 1 aliphatic carbocycles. The van der Waals surface area contributed by atoms with Gasteiger partial charge in [0.2, 0.25) is 0 Å². The van der Waals surface area contributed by atoms with Gasteiger partial charge in [-0.25, -0.2) is 0 Å². The lowest BCUT2D eigenvalue weighted by Gasteiger charge is -2.38. The van der Waals surface area contributed by atoms with Crippen LogP contribution in [-0.4, -0.2) is 31.1 Å². The van der Waals surface area contributed by atoms with Gasteiger partial charge in [-0.2, -0.15) is 0 Å². The first kappa shape index (κ1) is 19.0. The lowest BCUT2D eigenvalue weighted by molar-refractivity contribution is 0.141. The van der Waals surface area contributed by atoms with Crippen molar-refractivity contribution in [3.63, 3.8) is 0 Å². The monoisotopic (exact) mass is 296 g/mol. The fourth-order valence-electron chi connectivity index (χ4n) is 3.47. The summed E-state index contributed by atoms with van der Waals surface area (Å²) in [4.78, 5) is 2.71. The van der Waals surface area contributed by atoms with Crippen molar-refractivity contribution in [1.82, 2.24) is 4.90 Å². The zero-order valence-corrected chi connectivity index (χ0v) is 15.2. The minimum absolute atomic E-state index is 0.464. The molecule has 0 aromatic carbocycles. The van der Waals surface area contributed by atoms with Gasteiger partial charge in [0.15, 0.2) is 0 Å². The quantitative estimate of drug-likeness (QED) is 0.634. The Morgan fingerprint density at radius 1 is 0.857 bits per heavy atom. The Hall–Kier alpha value is -0.0800. The second kappa shape index (κ2) is 9.84. The molecule has 2 nitrogen and oxygen atoms in total. The van der Waals surface area contributed by atoms with E-state index in [0.29, 0.717) is 5.41 Å². The van der Waals surface area contributed by atoms with E-state index in [1.54, 1.807) is 0 Å². The third-order valence-corrected chi connectivity index (χ3v) is 5.35. The van der Waals surface area contributed by atoms with Gasteiger partial charge in [0, 0.05) is 0 Å². The topological polar surface area (TPSA) is 29.3 Å². The third-order valence-electron chi connectivity index (χ3n) is 5.35. The zero-order valence-electron chi connectivity index (χ0n) is 15.2. The highest BCUT2D eigenvalue weighted by atomic mass is 15.1. The summed E-state index contributed by atoms with van der Waals surface area (Å²) in [5.74, 6) is 1.62. The van der Waals surface area contributed by atoms with Gasteiger partial charge in [0.25, 0.3) is 0 Å². The normalized spacial score (nSPS) is 18.9. The minimum Gasteiger partial charge on any atom is -0.330 e. The van der Waals surface area contributed by atoms with Crippen LogP contribution >= 0.6 is 0 Å². The molecular weight excluding hydrogens is 256 g/mol. The second-order valence-electron chi connectivity index (χ2n) is 8.22. The van der Waals surface area contributed by atoms with Crippen molar-refractivity contribution in [2.75, 3.05) is 26.2 Å². The number of nitrogens with zero attached hydrogens (tertiary/aromatic N) is 1. The van der Waals surface area contributed by atoms with E-state index >= 15 is 0 Å². The van der Waals surface area contributed by atoms with E-state index in [0.717, 1.165) is 18.4 Å². The number of rotatable bonds is 10. The highest BCUT2D eigenvalue weighted by Crippen LogP contribution is 2.38. The molecule has 0 spiro atoms. The van der Waals surface area contributed by atoms with Gasteiger partial charge in [-0.1, -0.05) is 47.0 Å². The first-order chi connectivity index (χ1) is 9.97. The fourth-order valence-corrected chi connectivity index (χ4v) is 3.47. The Kier molecular flexibility index (Phi) is 8.89. The summed E-state index contributed by atoms with van der Waals surface area (Å²) in [6.45, 7) is 14.0. The maximum Gasteiger partial charge on any atom is -0.00130 e. The highest BCUT2D eigenvalue weighted by Gasteiger charge is 2.30. The smallest absolute Gasteiger partial charge is 0.00130 e. The summed E-state index contributed by atoms with van der Waals surface area (Å²) in [6, 6.07) is 0. The molecule has 2 heteroatoms. The molecule has 0 unspecified atom stereocenters. The van der Waals surface area contributed by atoms with Crippen LogP contribution in [0.4, 0.5) is 0 Å².